The molecule has 3 N–H and O–H groups in total. The molecule has 0 bridgehead atoms. The van der Waals surface area contributed by atoms with Crippen molar-refractivity contribution in [3.8, 4) is 0 Å². The lowest BCUT2D eigenvalue weighted by molar-refractivity contribution is -0.136. The number of amides is 1. The minimum Gasteiger partial charge on any atom is -0.481 e. The summed E-state index contributed by atoms with van der Waals surface area (Å²) in [6, 6.07) is 19.1. The molecule has 1 amide bonds. The molecule has 33 heavy (non-hydrogen) atoms. The quantitative estimate of drug-likeness (QED) is 0.468. The molecule has 0 aliphatic carbocycles. The van der Waals surface area contributed by atoms with Crippen LogP contribution in [-0.4, -0.2) is 36.0 Å². The molecule has 0 saturated heterocycles. The Morgan fingerprint density at radius 3 is 2.48 bits per heavy atom. The van der Waals surface area contributed by atoms with E-state index in [9.17, 15) is 19.1 Å². The van der Waals surface area contributed by atoms with Gasteiger partial charge in [-0.2, -0.15) is 0 Å². The van der Waals surface area contributed by atoms with Crippen LogP contribution in [0.5, 0.6) is 0 Å². The van der Waals surface area contributed by atoms with Gasteiger partial charge in [-0.3, -0.25) is 9.59 Å². The number of rotatable bonds is 7. The van der Waals surface area contributed by atoms with Crippen molar-refractivity contribution in [2.75, 3.05) is 24.7 Å². The zero-order valence-electron chi connectivity index (χ0n) is 18.4. The molecule has 0 unspecified atom stereocenters. The van der Waals surface area contributed by atoms with Crippen LogP contribution < -0.4 is 10.6 Å². The van der Waals surface area contributed by atoms with E-state index in [0.717, 1.165) is 17.8 Å². The Morgan fingerprint density at radius 2 is 1.79 bits per heavy atom. The van der Waals surface area contributed by atoms with E-state index in [1.54, 1.807) is 24.3 Å². The monoisotopic (exact) mass is 445 g/mol. The van der Waals surface area contributed by atoms with Crippen LogP contribution in [0.1, 0.15) is 22.3 Å². The number of hydrogen-bond acceptors (Lipinski definition) is 4. The molecule has 4 rings (SSSR count). The van der Waals surface area contributed by atoms with Gasteiger partial charge in [0.25, 0.3) is 5.91 Å². The van der Waals surface area contributed by atoms with Gasteiger partial charge in [-0.15, -0.1) is 0 Å². The molecular weight excluding hydrogens is 421 g/mol. The Morgan fingerprint density at radius 1 is 1.03 bits per heavy atom. The van der Waals surface area contributed by atoms with Gasteiger partial charge in [-0.05, 0) is 67.2 Å². The summed E-state index contributed by atoms with van der Waals surface area (Å²) in [6.45, 7) is 0.798. The maximum Gasteiger partial charge on any atom is 0.307 e. The average Bonchev–Trinajstić information content (AvgIpc) is 3.07. The summed E-state index contributed by atoms with van der Waals surface area (Å²) >= 11 is 0. The van der Waals surface area contributed by atoms with Gasteiger partial charge in [0.2, 0.25) is 0 Å². The number of aliphatic carboxylic acids is 1. The number of carboxylic acid groups (broad SMARTS) is 1. The van der Waals surface area contributed by atoms with Crippen molar-refractivity contribution in [2.24, 2.45) is 0 Å². The van der Waals surface area contributed by atoms with Crippen molar-refractivity contribution in [1.82, 2.24) is 4.90 Å². The Kier molecular flexibility index (Phi) is 6.24. The Bertz CT molecular complexity index is 1250. The van der Waals surface area contributed by atoms with Crippen LogP contribution in [0, 0.1) is 5.82 Å². The van der Waals surface area contributed by atoms with Crippen molar-refractivity contribution >= 4 is 34.5 Å². The zero-order chi connectivity index (χ0) is 23.5. The third kappa shape index (κ3) is 5.10. The normalized spacial score (nSPS) is 14.1. The highest BCUT2D eigenvalue weighted by Gasteiger charge is 2.29. The highest BCUT2D eigenvalue weighted by molar-refractivity contribution is 6.37. The van der Waals surface area contributed by atoms with E-state index >= 15 is 0 Å². The van der Waals surface area contributed by atoms with Gasteiger partial charge in [0.1, 0.15) is 5.82 Å². The molecule has 3 aromatic carbocycles. The SMILES string of the molecule is CN(C)Cc1ccc(N/C(=C2\C(=O)Nc3cc(F)ccc32)c2cccc(CC(=O)O)c2)cc1. The lowest BCUT2D eigenvalue weighted by Gasteiger charge is -2.16. The number of carboxylic acids is 1. The number of fused-ring (bicyclic) bond motifs is 1. The van der Waals surface area contributed by atoms with Gasteiger partial charge < -0.3 is 20.6 Å². The standard InChI is InChI=1S/C26H24FN3O3/c1-30(2)15-16-6-9-20(10-7-16)28-25(18-5-3-4-17(12-18)13-23(31)32)24-21-11-8-19(27)14-22(21)29-26(24)33/h3-12,14,28H,13,15H2,1-2H3,(H,29,33)(H,31,32)/b25-24-. The summed E-state index contributed by atoms with van der Waals surface area (Å²) < 4.78 is 13.7. The fourth-order valence-electron chi connectivity index (χ4n) is 3.89. The second kappa shape index (κ2) is 9.26. The fourth-order valence-corrected chi connectivity index (χ4v) is 3.89. The number of carbonyl (C=O) groups excluding carboxylic acids is 1. The predicted molar refractivity (Wildman–Crippen MR) is 127 cm³/mol. The van der Waals surface area contributed by atoms with Crippen LogP contribution in [-0.2, 0) is 22.6 Å². The number of nitrogens with one attached hydrogen (secondary N) is 2. The first-order valence-electron chi connectivity index (χ1n) is 10.5. The summed E-state index contributed by atoms with van der Waals surface area (Å²) in [5.74, 6) is -1.74. The number of halogens is 1. The first-order valence-corrected chi connectivity index (χ1v) is 10.5. The average molecular weight is 445 g/mol. The van der Waals surface area contributed by atoms with Gasteiger partial charge >= 0.3 is 5.97 Å². The largest absolute Gasteiger partial charge is 0.481 e. The first-order chi connectivity index (χ1) is 15.8. The lowest BCUT2D eigenvalue weighted by Crippen LogP contribution is -2.11. The highest BCUT2D eigenvalue weighted by Crippen LogP contribution is 2.38. The highest BCUT2D eigenvalue weighted by atomic mass is 19.1. The number of carbonyl (C=O) groups is 2. The third-order valence-corrected chi connectivity index (χ3v) is 5.27. The number of nitrogens with zero attached hydrogens (tertiary/aromatic N) is 1. The summed E-state index contributed by atoms with van der Waals surface area (Å²) in [6.07, 6.45) is -0.135. The zero-order valence-corrected chi connectivity index (χ0v) is 18.4. The molecule has 1 heterocycles. The van der Waals surface area contributed by atoms with E-state index in [1.807, 2.05) is 44.4 Å². The van der Waals surface area contributed by atoms with Crippen molar-refractivity contribution < 1.29 is 19.1 Å². The maximum absolute atomic E-state index is 13.7. The van der Waals surface area contributed by atoms with Crippen molar-refractivity contribution in [3.63, 3.8) is 0 Å². The Balaban J connectivity index is 1.81. The van der Waals surface area contributed by atoms with E-state index < -0.39 is 11.8 Å². The summed E-state index contributed by atoms with van der Waals surface area (Å²) in [5.41, 5.74) is 5.05. The molecule has 6 nitrogen and oxygen atoms in total. The summed E-state index contributed by atoms with van der Waals surface area (Å²) in [7, 11) is 4.00. The number of hydrogen-bond donors (Lipinski definition) is 3. The third-order valence-electron chi connectivity index (χ3n) is 5.27. The minimum absolute atomic E-state index is 0.135. The molecule has 0 atom stereocenters. The van der Waals surface area contributed by atoms with Crippen LogP contribution in [0.3, 0.4) is 0 Å². The Labute approximate surface area is 191 Å². The second-order valence-electron chi connectivity index (χ2n) is 8.22. The lowest BCUT2D eigenvalue weighted by atomic mass is 9.98. The van der Waals surface area contributed by atoms with Crippen molar-refractivity contribution in [2.45, 2.75) is 13.0 Å². The minimum atomic E-state index is -0.940. The van der Waals surface area contributed by atoms with Crippen LogP contribution in [0.15, 0.2) is 66.7 Å². The van der Waals surface area contributed by atoms with Gasteiger partial charge in [-0.25, -0.2) is 4.39 Å². The van der Waals surface area contributed by atoms with Crippen LogP contribution in [0.25, 0.3) is 11.3 Å². The maximum atomic E-state index is 13.7. The van der Waals surface area contributed by atoms with E-state index in [2.05, 4.69) is 15.5 Å². The number of anilines is 2. The summed E-state index contributed by atoms with van der Waals surface area (Å²) in [5, 5.41) is 15.3. The molecule has 0 aromatic heterocycles. The van der Waals surface area contributed by atoms with Gasteiger partial charge in [0.05, 0.1) is 23.4 Å². The topological polar surface area (TPSA) is 81.7 Å². The molecule has 0 spiro atoms. The molecule has 1 aliphatic heterocycles. The first kappa shape index (κ1) is 22.2. The van der Waals surface area contributed by atoms with Gasteiger partial charge in [0.15, 0.2) is 0 Å². The molecular formula is C26H24FN3O3. The molecule has 1 aliphatic rings. The van der Waals surface area contributed by atoms with Gasteiger partial charge in [-0.1, -0.05) is 30.3 Å². The molecule has 0 radical (unpaired) electrons. The predicted octanol–water partition coefficient (Wildman–Crippen LogP) is 4.45. The second-order valence-corrected chi connectivity index (χ2v) is 8.22. The van der Waals surface area contributed by atoms with E-state index in [1.165, 1.54) is 12.1 Å². The van der Waals surface area contributed by atoms with Crippen molar-refractivity contribution in [1.29, 1.82) is 0 Å². The van der Waals surface area contributed by atoms with E-state index in [-0.39, 0.29) is 12.3 Å². The molecule has 3 aromatic rings. The molecule has 0 fully saturated rings. The van der Waals surface area contributed by atoms with Crippen LogP contribution >= 0.6 is 0 Å². The molecule has 0 saturated carbocycles. The Hall–Kier alpha value is -3.97. The van der Waals surface area contributed by atoms with E-state index in [0.29, 0.717) is 33.6 Å². The fraction of sp³-hybridized carbons (Fsp3) is 0.154. The molecule has 168 valence electrons. The summed E-state index contributed by atoms with van der Waals surface area (Å²) in [4.78, 5) is 26.2. The van der Waals surface area contributed by atoms with Crippen LogP contribution in [0.4, 0.5) is 15.8 Å². The smallest absolute Gasteiger partial charge is 0.307 e. The van der Waals surface area contributed by atoms with E-state index in [4.69, 9.17) is 0 Å². The molecule has 7 heteroatoms. The van der Waals surface area contributed by atoms with Crippen LogP contribution in [0.2, 0.25) is 0 Å². The number of benzene rings is 3. The van der Waals surface area contributed by atoms with Gasteiger partial charge in [0, 0.05) is 17.8 Å². The van der Waals surface area contributed by atoms with Crippen molar-refractivity contribution in [3.05, 3.63) is 94.8 Å².